The number of rotatable bonds is 2. The van der Waals surface area contributed by atoms with Gasteiger partial charge >= 0.3 is 0 Å². The molecule has 0 aliphatic carbocycles. The zero-order chi connectivity index (χ0) is 13.2. The first-order chi connectivity index (χ1) is 8.46. The third-order valence-electron chi connectivity index (χ3n) is 3.17. The van der Waals surface area contributed by atoms with Gasteiger partial charge in [-0.3, -0.25) is 4.79 Å². The number of piperazine rings is 1. The van der Waals surface area contributed by atoms with Crippen molar-refractivity contribution in [2.24, 2.45) is 0 Å². The lowest BCUT2D eigenvalue weighted by atomic mass is 10.0. The van der Waals surface area contributed by atoms with Gasteiger partial charge in [0.1, 0.15) is 5.82 Å². The molecule has 1 N–H and O–H groups in total. The lowest BCUT2D eigenvalue weighted by Crippen LogP contribution is -2.58. The summed E-state index contributed by atoms with van der Waals surface area (Å²) in [5.41, 5.74) is 0.687. The van der Waals surface area contributed by atoms with Crippen LogP contribution in [0, 0.1) is 5.82 Å². The van der Waals surface area contributed by atoms with E-state index in [4.69, 9.17) is 0 Å². The Morgan fingerprint density at radius 1 is 1.50 bits per heavy atom. The number of hydrogen-bond acceptors (Lipinski definition) is 2. The normalized spacial score (nSPS) is 18.7. The van der Waals surface area contributed by atoms with Crippen molar-refractivity contribution >= 4 is 5.91 Å². The fourth-order valence-corrected chi connectivity index (χ4v) is 2.29. The molecule has 1 heterocycles. The highest BCUT2D eigenvalue weighted by atomic mass is 19.1. The molecule has 3 nitrogen and oxygen atoms in total. The van der Waals surface area contributed by atoms with Crippen LogP contribution >= 0.6 is 0 Å². The van der Waals surface area contributed by atoms with E-state index in [1.165, 1.54) is 12.1 Å². The standard InChI is InChI=1S/C14H19FN2O/c1-14(2)10-17(7-6-16-14)13(18)9-11-4-3-5-12(15)8-11/h3-5,8,16H,6-7,9-10H2,1-2H3. The van der Waals surface area contributed by atoms with Crippen molar-refractivity contribution in [2.45, 2.75) is 25.8 Å². The van der Waals surface area contributed by atoms with Gasteiger partial charge in [-0.2, -0.15) is 0 Å². The van der Waals surface area contributed by atoms with Gasteiger partial charge in [0, 0.05) is 25.2 Å². The molecule has 1 saturated heterocycles. The Morgan fingerprint density at radius 3 is 2.94 bits per heavy atom. The van der Waals surface area contributed by atoms with Crippen molar-refractivity contribution in [2.75, 3.05) is 19.6 Å². The first-order valence-electron chi connectivity index (χ1n) is 6.23. The van der Waals surface area contributed by atoms with Crippen LogP contribution in [0.1, 0.15) is 19.4 Å². The highest BCUT2D eigenvalue weighted by molar-refractivity contribution is 5.79. The predicted octanol–water partition coefficient (Wildman–Crippen LogP) is 1.58. The summed E-state index contributed by atoms with van der Waals surface area (Å²) in [4.78, 5) is 14.0. The topological polar surface area (TPSA) is 32.3 Å². The van der Waals surface area contributed by atoms with Gasteiger partial charge in [-0.15, -0.1) is 0 Å². The van der Waals surface area contributed by atoms with Crippen LogP contribution in [0.5, 0.6) is 0 Å². The van der Waals surface area contributed by atoms with E-state index in [1.807, 2.05) is 4.90 Å². The first kappa shape index (κ1) is 13.0. The second-order valence-corrected chi connectivity index (χ2v) is 5.43. The number of halogens is 1. The molecule has 0 spiro atoms. The molecule has 0 saturated carbocycles. The summed E-state index contributed by atoms with van der Waals surface area (Å²) in [6, 6.07) is 6.24. The first-order valence-corrected chi connectivity index (χ1v) is 6.23. The number of nitrogens with one attached hydrogen (secondary N) is 1. The summed E-state index contributed by atoms with van der Waals surface area (Å²) in [6.07, 6.45) is 0.272. The second-order valence-electron chi connectivity index (χ2n) is 5.43. The quantitative estimate of drug-likeness (QED) is 0.864. The molecule has 18 heavy (non-hydrogen) atoms. The van der Waals surface area contributed by atoms with E-state index in [0.717, 1.165) is 18.7 Å². The van der Waals surface area contributed by atoms with E-state index in [2.05, 4.69) is 19.2 Å². The SMILES string of the molecule is CC1(C)CN(C(=O)Cc2cccc(F)c2)CCN1. The lowest BCUT2D eigenvalue weighted by Gasteiger charge is -2.39. The Hall–Kier alpha value is -1.42. The smallest absolute Gasteiger partial charge is 0.227 e. The molecule has 0 aromatic heterocycles. The molecule has 0 radical (unpaired) electrons. The number of nitrogens with zero attached hydrogens (tertiary/aromatic N) is 1. The molecule has 1 aromatic carbocycles. The fourth-order valence-electron chi connectivity index (χ4n) is 2.29. The Kier molecular flexibility index (Phi) is 3.66. The third kappa shape index (κ3) is 3.29. The van der Waals surface area contributed by atoms with Gasteiger partial charge < -0.3 is 10.2 Å². The van der Waals surface area contributed by atoms with E-state index >= 15 is 0 Å². The van der Waals surface area contributed by atoms with Crippen molar-refractivity contribution in [3.8, 4) is 0 Å². The molecule has 2 rings (SSSR count). The highest BCUT2D eigenvalue weighted by Crippen LogP contribution is 2.12. The van der Waals surface area contributed by atoms with Crippen LogP contribution in [0.2, 0.25) is 0 Å². The van der Waals surface area contributed by atoms with Gasteiger partial charge in [-0.1, -0.05) is 12.1 Å². The molecule has 98 valence electrons. The second kappa shape index (κ2) is 5.06. The van der Waals surface area contributed by atoms with E-state index in [-0.39, 0.29) is 23.7 Å². The van der Waals surface area contributed by atoms with Crippen molar-refractivity contribution in [3.05, 3.63) is 35.6 Å². The molecule has 0 atom stereocenters. The number of amides is 1. The minimum absolute atomic E-state index is 0.0458. The number of benzene rings is 1. The van der Waals surface area contributed by atoms with Gasteiger partial charge in [0.15, 0.2) is 0 Å². The average Bonchev–Trinajstić information content (AvgIpc) is 2.27. The Labute approximate surface area is 107 Å². The highest BCUT2D eigenvalue weighted by Gasteiger charge is 2.28. The lowest BCUT2D eigenvalue weighted by molar-refractivity contribution is -0.132. The minimum Gasteiger partial charge on any atom is -0.339 e. The predicted molar refractivity (Wildman–Crippen MR) is 68.8 cm³/mol. The van der Waals surface area contributed by atoms with Crippen LogP contribution in [0.25, 0.3) is 0 Å². The van der Waals surface area contributed by atoms with E-state index in [9.17, 15) is 9.18 Å². The molecular formula is C14H19FN2O. The molecule has 1 aromatic rings. The van der Waals surface area contributed by atoms with Gasteiger partial charge in [0.25, 0.3) is 0 Å². The maximum absolute atomic E-state index is 13.0. The summed E-state index contributed by atoms with van der Waals surface area (Å²) >= 11 is 0. The zero-order valence-corrected chi connectivity index (χ0v) is 10.9. The maximum atomic E-state index is 13.0. The van der Waals surface area contributed by atoms with Gasteiger partial charge in [-0.05, 0) is 31.5 Å². The van der Waals surface area contributed by atoms with Crippen molar-refractivity contribution in [1.82, 2.24) is 10.2 Å². The maximum Gasteiger partial charge on any atom is 0.227 e. The molecule has 1 fully saturated rings. The molecule has 0 bridgehead atoms. The molecule has 1 aliphatic heterocycles. The molecule has 1 aliphatic rings. The monoisotopic (exact) mass is 250 g/mol. The minimum atomic E-state index is -0.291. The summed E-state index contributed by atoms with van der Waals surface area (Å²) in [5, 5.41) is 3.36. The Bertz CT molecular complexity index is 445. The molecular weight excluding hydrogens is 231 g/mol. The number of carbonyl (C=O) groups is 1. The number of carbonyl (C=O) groups excluding carboxylic acids is 1. The van der Waals surface area contributed by atoms with Crippen molar-refractivity contribution in [1.29, 1.82) is 0 Å². The van der Waals surface area contributed by atoms with Crippen LogP contribution in [0.3, 0.4) is 0 Å². The summed E-state index contributed by atoms with van der Waals surface area (Å²) in [5.74, 6) is -0.226. The van der Waals surface area contributed by atoms with Crippen LogP contribution < -0.4 is 5.32 Å². The molecule has 0 unspecified atom stereocenters. The van der Waals surface area contributed by atoms with Crippen molar-refractivity contribution in [3.63, 3.8) is 0 Å². The summed E-state index contributed by atoms with van der Waals surface area (Å²) in [6.45, 7) is 6.38. The van der Waals surface area contributed by atoms with E-state index in [0.29, 0.717) is 6.54 Å². The van der Waals surface area contributed by atoms with Crippen LogP contribution in [0.15, 0.2) is 24.3 Å². The summed E-state index contributed by atoms with van der Waals surface area (Å²) in [7, 11) is 0. The summed E-state index contributed by atoms with van der Waals surface area (Å²) < 4.78 is 13.0. The fraction of sp³-hybridized carbons (Fsp3) is 0.500. The van der Waals surface area contributed by atoms with Crippen LogP contribution in [-0.4, -0.2) is 36.0 Å². The van der Waals surface area contributed by atoms with Crippen LogP contribution in [-0.2, 0) is 11.2 Å². The Morgan fingerprint density at radius 2 is 2.28 bits per heavy atom. The van der Waals surface area contributed by atoms with E-state index < -0.39 is 0 Å². The van der Waals surface area contributed by atoms with Crippen molar-refractivity contribution < 1.29 is 9.18 Å². The van der Waals surface area contributed by atoms with Gasteiger partial charge in [0.05, 0.1) is 6.42 Å². The Balaban J connectivity index is 2.00. The van der Waals surface area contributed by atoms with E-state index in [1.54, 1.807) is 12.1 Å². The van der Waals surface area contributed by atoms with Gasteiger partial charge in [0.2, 0.25) is 5.91 Å². The van der Waals surface area contributed by atoms with Gasteiger partial charge in [-0.25, -0.2) is 4.39 Å². The number of hydrogen-bond donors (Lipinski definition) is 1. The van der Waals surface area contributed by atoms with Crippen LogP contribution in [0.4, 0.5) is 4.39 Å². The largest absolute Gasteiger partial charge is 0.339 e. The molecule has 4 heteroatoms. The zero-order valence-electron chi connectivity index (χ0n) is 10.9. The average molecular weight is 250 g/mol. The third-order valence-corrected chi connectivity index (χ3v) is 3.17. The molecule has 1 amide bonds.